The summed E-state index contributed by atoms with van der Waals surface area (Å²) in [5, 5.41) is 18.0. The number of nitrogens with one attached hydrogen (secondary N) is 2. The Morgan fingerprint density at radius 3 is 2.70 bits per heavy atom. The first kappa shape index (κ1) is 14.0. The first-order valence-corrected chi connectivity index (χ1v) is 6.80. The quantitative estimate of drug-likeness (QED) is 0.667. The number of anilines is 1. The largest absolute Gasteiger partial charge is 0.331 e. The Labute approximate surface area is 119 Å². The van der Waals surface area contributed by atoms with E-state index in [0.29, 0.717) is 0 Å². The number of hydrogen-bond acceptors (Lipinski definition) is 4. The monoisotopic (exact) mass is 291 g/mol. The van der Waals surface area contributed by atoms with E-state index in [2.05, 4.69) is 10.6 Å². The summed E-state index contributed by atoms with van der Waals surface area (Å²) in [5.41, 5.74) is 0.0415. The van der Waals surface area contributed by atoms with Crippen LogP contribution in [0.1, 0.15) is 17.8 Å². The van der Waals surface area contributed by atoms with Crippen molar-refractivity contribution in [2.45, 2.75) is 13.0 Å². The highest BCUT2D eigenvalue weighted by Gasteiger charge is 2.16. The minimum absolute atomic E-state index is 0.133. The fourth-order valence-corrected chi connectivity index (χ4v) is 2.44. The van der Waals surface area contributed by atoms with Gasteiger partial charge in [-0.25, -0.2) is 4.79 Å². The molecular formula is C13H13N3O3S. The van der Waals surface area contributed by atoms with Gasteiger partial charge in [-0.2, -0.15) is 0 Å². The van der Waals surface area contributed by atoms with Gasteiger partial charge in [-0.15, -0.1) is 11.3 Å². The first-order valence-electron chi connectivity index (χ1n) is 5.92. The lowest BCUT2D eigenvalue weighted by Gasteiger charge is -2.13. The minimum Gasteiger partial charge on any atom is -0.331 e. The normalized spacial score (nSPS) is 11.7. The fourth-order valence-electron chi connectivity index (χ4n) is 1.70. The molecule has 0 fully saturated rings. The van der Waals surface area contributed by atoms with E-state index in [1.165, 1.54) is 23.5 Å². The molecule has 0 radical (unpaired) electrons. The summed E-state index contributed by atoms with van der Waals surface area (Å²) in [7, 11) is 0. The third-order valence-electron chi connectivity index (χ3n) is 2.67. The summed E-state index contributed by atoms with van der Waals surface area (Å²) in [6.45, 7) is 1.85. The number of nitro groups is 1. The highest BCUT2D eigenvalue weighted by molar-refractivity contribution is 7.10. The lowest BCUT2D eigenvalue weighted by atomic mass is 10.2. The van der Waals surface area contributed by atoms with Crippen LogP contribution >= 0.6 is 11.3 Å². The molecule has 1 atom stereocenters. The number of rotatable bonds is 4. The van der Waals surface area contributed by atoms with Gasteiger partial charge in [0.1, 0.15) is 5.69 Å². The van der Waals surface area contributed by atoms with E-state index in [-0.39, 0.29) is 17.4 Å². The zero-order chi connectivity index (χ0) is 14.5. The third-order valence-corrected chi connectivity index (χ3v) is 3.72. The number of amides is 2. The summed E-state index contributed by atoms with van der Waals surface area (Å²) in [6.07, 6.45) is 0. The van der Waals surface area contributed by atoms with Crippen LogP contribution in [0, 0.1) is 10.1 Å². The number of nitrogens with zero attached hydrogens (tertiary/aromatic N) is 1. The summed E-state index contributed by atoms with van der Waals surface area (Å²) >= 11 is 1.54. The van der Waals surface area contributed by atoms with Crippen molar-refractivity contribution in [2.24, 2.45) is 0 Å². The Morgan fingerprint density at radius 1 is 1.30 bits per heavy atom. The topological polar surface area (TPSA) is 84.3 Å². The average molecular weight is 291 g/mol. The molecule has 2 amide bonds. The number of para-hydroxylation sites is 2. The molecule has 2 rings (SSSR count). The SMILES string of the molecule is C[C@H](NC(=O)Nc1ccccc1[N+](=O)[O-])c1cccs1. The first-order chi connectivity index (χ1) is 9.58. The Bertz CT molecular complexity index is 613. The van der Waals surface area contributed by atoms with Crippen molar-refractivity contribution in [3.63, 3.8) is 0 Å². The van der Waals surface area contributed by atoms with Gasteiger partial charge in [0.25, 0.3) is 5.69 Å². The zero-order valence-electron chi connectivity index (χ0n) is 10.7. The van der Waals surface area contributed by atoms with E-state index in [9.17, 15) is 14.9 Å². The van der Waals surface area contributed by atoms with Crippen LogP contribution in [0.2, 0.25) is 0 Å². The Kier molecular flexibility index (Phi) is 4.31. The van der Waals surface area contributed by atoms with Crippen LogP contribution in [0.25, 0.3) is 0 Å². The van der Waals surface area contributed by atoms with Crippen molar-refractivity contribution in [1.82, 2.24) is 5.32 Å². The molecule has 0 saturated heterocycles. The molecule has 1 aromatic carbocycles. The Balaban J connectivity index is 2.03. The number of nitro benzene ring substituents is 1. The standard InChI is InChI=1S/C13H13N3O3S/c1-9(12-7-4-8-20-12)14-13(17)15-10-5-2-3-6-11(10)16(18)19/h2-9H,1H3,(H2,14,15,17)/t9-/m0/s1. The van der Waals surface area contributed by atoms with Crippen LogP contribution in [0.3, 0.4) is 0 Å². The number of carbonyl (C=O) groups excluding carboxylic acids is 1. The maximum Gasteiger partial charge on any atom is 0.319 e. The minimum atomic E-state index is -0.529. The van der Waals surface area contributed by atoms with Crippen molar-refractivity contribution in [1.29, 1.82) is 0 Å². The molecule has 0 aliphatic heterocycles. The van der Waals surface area contributed by atoms with Crippen LogP contribution in [-0.4, -0.2) is 11.0 Å². The number of urea groups is 1. The number of benzene rings is 1. The predicted octanol–water partition coefficient (Wildman–Crippen LogP) is 3.54. The molecule has 0 spiro atoms. The van der Waals surface area contributed by atoms with E-state index in [4.69, 9.17) is 0 Å². The molecule has 0 saturated carbocycles. The molecule has 1 aromatic heterocycles. The molecule has 0 bridgehead atoms. The van der Waals surface area contributed by atoms with Crippen molar-refractivity contribution in [2.75, 3.05) is 5.32 Å². The molecule has 0 unspecified atom stereocenters. The Hall–Kier alpha value is -2.41. The zero-order valence-corrected chi connectivity index (χ0v) is 11.5. The van der Waals surface area contributed by atoms with Gasteiger partial charge in [0.15, 0.2) is 0 Å². The molecule has 6 nitrogen and oxygen atoms in total. The van der Waals surface area contributed by atoms with Crippen LogP contribution in [0.15, 0.2) is 41.8 Å². The van der Waals surface area contributed by atoms with Gasteiger partial charge in [-0.3, -0.25) is 10.1 Å². The van der Waals surface area contributed by atoms with E-state index in [0.717, 1.165) is 4.88 Å². The van der Waals surface area contributed by atoms with E-state index >= 15 is 0 Å². The fraction of sp³-hybridized carbons (Fsp3) is 0.154. The van der Waals surface area contributed by atoms with Gasteiger partial charge in [0, 0.05) is 10.9 Å². The van der Waals surface area contributed by atoms with Gasteiger partial charge >= 0.3 is 6.03 Å². The average Bonchev–Trinajstić information content (AvgIpc) is 2.92. The number of carbonyl (C=O) groups is 1. The summed E-state index contributed by atoms with van der Waals surface area (Å²) in [5.74, 6) is 0. The van der Waals surface area contributed by atoms with Crippen LogP contribution in [0.4, 0.5) is 16.2 Å². The van der Waals surface area contributed by atoms with Crippen LogP contribution in [0.5, 0.6) is 0 Å². The van der Waals surface area contributed by atoms with Crippen LogP contribution < -0.4 is 10.6 Å². The number of hydrogen-bond donors (Lipinski definition) is 2. The second-order valence-corrected chi connectivity index (χ2v) is 5.09. The third kappa shape index (κ3) is 3.33. The van der Waals surface area contributed by atoms with Crippen molar-refractivity contribution in [3.8, 4) is 0 Å². The van der Waals surface area contributed by atoms with Crippen LogP contribution in [-0.2, 0) is 0 Å². The van der Waals surface area contributed by atoms with Crippen molar-refractivity contribution >= 4 is 28.7 Å². The molecule has 0 aliphatic carbocycles. The van der Waals surface area contributed by atoms with Gasteiger partial charge in [0.2, 0.25) is 0 Å². The maximum absolute atomic E-state index is 11.9. The summed E-state index contributed by atoms with van der Waals surface area (Å²) < 4.78 is 0. The summed E-state index contributed by atoms with van der Waals surface area (Å²) in [6, 6.07) is 9.21. The molecule has 1 heterocycles. The lowest BCUT2D eigenvalue weighted by Crippen LogP contribution is -2.30. The highest BCUT2D eigenvalue weighted by atomic mass is 32.1. The van der Waals surface area contributed by atoms with Crippen molar-refractivity contribution in [3.05, 3.63) is 56.8 Å². The highest BCUT2D eigenvalue weighted by Crippen LogP contribution is 2.23. The van der Waals surface area contributed by atoms with Gasteiger partial charge in [-0.05, 0) is 24.4 Å². The van der Waals surface area contributed by atoms with Gasteiger partial charge in [-0.1, -0.05) is 18.2 Å². The molecule has 0 aliphatic rings. The Morgan fingerprint density at radius 2 is 2.05 bits per heavy atom. The van der Waals surface area contributed by atoms with Gasteiger partial charge < -0.3 is 10.6 Å². The lowest BCUT2D eigenvalue weighted by molar-refractivity contribution is -0.383. The molecule has 20 heavy (non-hydrogen) atoms. The smallest absolute Gasteiger partial charge is 0.319 e. The second-order valence-electron chi connectivity index (χ2n) is 4.11. The number of thiophene rings is 1. The molecule has 2 aromatic rings. The molecule has 2 N–H and O–H groups in total. The van der Waals surface area contributed by atoms with E-state index in [1.54, 1.807) is 12.1 Å². The second kappa shape index (κ2) is 6.16. The molecular weight excluding hydrogens is 278 g/mol. The van der Waals surface area contributed by atoms with E-state index in [1.807, 2.05) is 24.4 Å². The van der Waals surface area contributed by atoms with E-state index < -0.39 is 11.0 Å². The summed E-state index contributed by atoms with van der Waals surface area (Å²) in [4.78, 5) is 23.2. The maximum atomic E-state index is 11.9. The molecule has 104 valence electrons. The predicted molar refractivity (Wildman–Crippen MR) is 78.0 cm³/mol. The van der Waals surface area contributed by atoms with Gasteiger partial charge in [0.05, 0.1) is 11.0 Å². The van der Waals surface area contributed by atoms with Crippen molar-refractivity contribution < 1.29 is 9.72 Å². The molecule has 7 heteroatoms.